The van der Waals surface area contributed by atoms with Crippen molar-refractivity contribution in [3.8, 4) is 36.3 Å². The molecular weight excluding hydrogens is 776 g/mol. The summed E-state index contributed by atoms with van der Waals surface area (Å²) < 4.78 is 4.37. The SMILES string of the molecule is C.C#Cc1ccccn1.Cl.N#CC1CCc2nc3cc(Br)ccc3c(=O)n2CC1.N#CC1CCc2nc3cc(C#Cc4ccccn4)ccc3c(=O)n2CC1. The van der Waals surface area contributed by atoms with Crippen molar-refractivity contribution in [3.05, 3.63) is 139 Å². The molecule has 2 unspecified atom stereocenters. The standard InChI is InChI=1S/C21H16N4O.C14H12BrN3O.C7H5N.CH4.ClH/c22-14-16-6-9-20-24-19-13-15(4-7-17-3-1-2-11-23-17)5-8-18(19)21(26)25(20)12-10-16;15-10-2-3-11-12(7-10)17-13-4-1-9(8-16)5-6-18(13)14(11)19;1-2-7-5-3-4-6-8-7;;/h1-3,5,8,11,13,16H,6,9-10,12H2;2-3,7,9H,1,4-6H2;1,3-6H;1H4;1H. The van der Waals surface area contributed by atoms with E-state index in [4.69, 9.17) is 21.9 Å². The van der Waals surface area contributed by atoms with Crippen molar-refractivity contribution in [2.45, 2.75) is 59.0 Å². The first kappa shape index (κ1) is 41.6. The Morgan fingerprint density at radius 2 is 1.22 bits per heavy atom. The number of terminal acetylenes is 1. The Kier molecular flexibility index (Phi) is 15.0. The van der Waals surface area contributed by atoms with Gasteiger partial charge in [-0.05, 0) is 92.3 Å². The van der Waals surface area contributed by atoms with Crippen LogP contribution in [0.5, 0.6) is 0 Å². The van der Waals surface area contributed by atoms with E-state index in [2.05, 4.69) is 60.8 Å². The lowest BCUT2D eigenvalue weighted by Crippen LogP contribution is -2.24. The average Bonchev–Trinajstić information content (AvgIpc) is 3.54. The Morgan fingerprint density at radius 3 is 1.71 bits per heavy atom. The number of pyridine rings is 2. The molecule has 4 aromatic heterocycles. The van der Waals surface area contributed by atoms with Crippen LogP contribution in [0.2, 0.25) is 0 Å². The lowest BCUT2D eigenvalue weighted by atomic mass is 10.0. The fourth-order valence-corrected chi connectivity index (χ4v) is 6.52. The Hall–Kier alpha value is -6.11. The molecule has 0 fully saturated rings. The molecule has 0 N–H and O–H groups in total. The maximum Gasteiger partial charge on any atom is 0.261 e. The van der Waals surface area contributed by atoms with Gasteiger partial charge in [-0.3, -0.25) is 18.7 Å². The maximum atomic E-state index is 12.8. The topological polar surface area (TPSA) is 143 Å². The highest BCUT2D eigenvalue weighted by Gasteiger charge is 2.20. The predicted molar refractivity (Wildman–Crippen MR) is 220 cm³/mol. The summed E-state index contributed by atoms with van der Waals surface area (Å²) in [6.07, 6.45) is 12.7. The van der Waals surface area contributed by atoms with Gasteiger partial charge in [0.15, 0.2) is 0 Å². The van der Waals surface area contributed by atoms with Gasteiger partial charge in [-0.2, -0.15) is 10.5 Å². The van der Waals surface area contributed by atoms with Crippen LogP contribution in [0.1, 0.15) is 61.7 Å². The van der Waals surface area contributed by atoms with E-state index in [1.165, 1.54) is 0 Å². The van der Waals surface area contributed by atoms with Crippen molar-refractivity contribution in [3.63, 3.8) is 0 Å². The van der Waals surface area contributed by atoms with Crippen LogP contribution in [0.4, 0.5) is 0 Å². The van der Waals surface area contributed by atoms with Crippen LogP contribution in [0.15, 0.2) is 99.3 Å². The molecule has 0 saturated carbocycles. The van der Waals surface area contributed by atoms with Gasteiger partial charge in [-0.1, -0.05) is 47.3 Å². The first-order chi connectivity index (χ1) is 25.9. The third kappa shape index (κ3) is 10.3. The van der Waals surface area contributed by atoms with E-state index < -0.39 is 0 Å². The highest BCUT2D eigenvalue weighted by molar-refractivity contribution is 9.10. The molecule has 0 saturated heterocycles. The molecular formula is C43H38BrClN8O2. The van der Waals surface area contributed by atoms with Gasteiger partial charge in [-0.15, -0.1) is 18.8 Å². The number of hydrogen-bond donors (Lipinski definition) is 0. The fraction of sp³-hybridized carbons (Fsp3) is 0.256. The second kappa shape index (κ2) is 19.8. The first-order valence-corrected chi connectivity index (χ1v) is 18.0. The summed E-state index contributed by atoms with van der Waals surface area (Å²) >= 11 is 3.40. The fourth-order valence-electron chi connectivity index (χ4n) is 6.17. The van der Waals surface area contributed by atoms with Crippen molar-refractivity contribution >= 4 is 50.1 Å². The number of aromatic nitrogens is 6. The van der Waals surface area contributed by atoms with E-state index in [0.29, 0.717) is 60.0 Å². The van der Waals surface area contributed by atoms with Gasteiger partial charge < -0.3 is 0 Å². The molecule has 0 aliphatic carbocycles. The summed E-state index contributed by atoms with van der Waals surface area (Å²) in [6.45, 7) is 1.14. The average molecular weight is 814 g/mol. The van der Waals surface area contributed by atoms with Gasteiger partial charge in [0.25, 0.3) is 11.1 Å². The van der Waals surface area contributed by atoms with E-state index >= 15 is 0 Å². The molecule has 8 rings (SSSR count). The molecule has 10 nitrogen and oxygen atoms in total. The first-order valence-electron chi connectivity index (χ1n) is 17.2. The van der Waals surface area contributed by atoms with Gasteiger partial charge in [-0.25, -0.2) is 19.9 Å². The maximum absolute atomic E-state index is 12.8. The molecule has 6 aromatic rings. The molecule has 2 aliphatic rings. The molecule has 2 atom stereocenters. The molecule has 12 heteroatoms. The summed E-state index contributed by atoms with van der Waals surface area (Å²) in [7, 11) is 0. The van der Waals surface area contributed by atoms with Crippen LogP contribution in [0, 0.1) is 58.7 Å². The van der Waals surface area contributed by atoms with E-state index in [-0.39, 0.29) is 42.8 Å². The number of halogens is 2. The van der Waals surface area contributed by atoms with E-state index in [9.17, 15) is 9.59 Å². The minimum Gasteiger partial charge on any atom is -0.296 e. The Bertz CT molecular complexity index is 2600. The number of benzene rings is 2. The van der Waals surface area contributed by atoms with Crippen molar-refractivity contribution in [2.75, 3.05) is 0 Å². The summed E-state index contributed by atoms with van der Waals surface area (Å²) in [5, 5.41) is 19.4. The second-order valence-corrected chi connectivity index (χ2v) is 13.4. The molecule has 55 heavy (non-hydrogen) atoms. The Morgan fingerprint density at radius 1 is 0.691 bits per heavy atom. The number of aryl methyl sites for hydroxylation is 2. The number of rotatable bonds is 0. The van der Waals surface area contributed by atoms with Crippen LogP contribution < -0.4 is 11.1 Å². The zero-order valence-corrected chi connectivity index (χ0v) is 31.6. The minimum atomic E-state index is -0.0344. The summed E-state index contributed by atoms with van der Waals surface area (Å²) in [5.74, 6) is 10.1. The van der Waals surface area contributed by atoms with E-state index in [1.54, 1.807) is 39.7 Å². The van der Waals surface area contributed by atoms with Crippen LogP contribution in [0.3, 0.4) is 0 Å². The quantitative estimate of drug-likeness (QED) is 0.144. The summed E-state index contributed by atoms with van der Waals surface area (Å²) in [4.78, 5) is 42.6. The number of fused-ring (bicyclic) bond motifs is 4. The minimum absolute atomic E-state index is 0. The van der Waals surface area contributed by atoms with Crippen LogP contribution in [0.25, 0.3) is 21.8 Å². The van der Waals surface area contributed by atoms with Crippen molar-refractivity contribution < 1.29 is 0 Å². The largest absolute Gasteiger partial charge is 0.296 e. The molecule has 2 aliphatic heterocycles. The summed E-state index contributed by atoms with van der Waals surface area (Å²) in [5.41, 5.74) is 3.53. The van der Waals surface area contributed by atoms with Gasteiger partial charge >= 0.3 is 0 Å². The van der Waals surface area contributed by atoms with Gasteiger partial charge in [0, 0.05) is 60.2 Å². The van der Waals surface area contributed by atoms with E-state index in [1.807, 2.05) is 54.6 Å². The van der Waals surface area contributed by atoms with Crippen LogP contribution >= 0.6 is 28.3 Å². The third-order valence-electron chi connectivity index (χ3n) is 9.04. The molecule has 276 valence electrons. The number of hydrogen-bond acceptors (Lipinski definition) is 8. The highest BCUT2D eigenvalue weighted by atomic mass is 79.9. The van der Waals surface area contributed by atoms with Crippen molar-refractivity contribution in [1.29, 1.82) is 10.5 Å². The van der Waals surface area contributed by atoms with Gasteiger partial charge in [0.2, 0.25) is 0 Å². The molecule has 6 heterocycles. The predicted octanol–water partition coefficient (Wildman–Crippen LogP) is 7.42. The molecule has 0 spiro atoms. The zero-order valence-electron chi connectivity index (χ0n) is 29.2. The van der Waals surface area contributed by atoms with Crippen molar-refractivity contribution in [2.24, 2.45) is 11.8 Å². The molecule has 0 radical (unpaired) electrons. The lowest BCUT2D eigenvalue weighted by Gasteiger charge is -2.10. The number of nitrogens with zero attached hydrogens (tertiary/aromatic N) is 8. The normalized spacial score (nSPS) is 15.2. The Balaban J connectivity index is 0.000000203. The van der Waals surface area contributed by atoms with Crippen LogP contribution in [-0.2, 0) is 25.9 Å². The zero-order chi connectivity index (χ0) is 37.2. The van der Waals surface area contributed by atoms with Crippen LogP contribution in [-0.4, -0.2) is 29.1 Å². The highest BCUT2D eigenvalue weighted by Crippen LogP contribution is 2.22. The monoisotopic (exact) mass is 812 g/mol. The molecule has 0 bridgehead atoms. The van der Waals surface area contributed by atoms with Gasteiger partial charge in [0.05, 0.1) is 33.9 Å². The van der Waals surface area contributed by atoms with E-state index in [0.717, 1.165) is 46.5 Å². The van der Waals surface area contributed by atoms with Crippen molar-refractivity contribution in [1.82, 2.24) is 29.1 Å². The lowest BCUT2D eigenvalue weighted by molar-refractivity contribution is 0.538. The molecule has 2 aromatic carbocycles. The smallest absolute Gasteiger partial charge is 0.261 e. The van der Waals surface area contributed by atoms with Gasteiger partial charge in [0.1, 0.15) is 23.0 Å². The third-order valence-corrected chi connectivity index (χ3v) is 9.54. The summed E-state index contributed by atoms with van der Waals surface area (Å²) in [6, 6.07) is 26.7. The Labute approximate surface area is 334 Å². The second-order valence-electron chi connectivity index (χ2n) is 12.5. The molecule has 0 amide bonds. The number of nitriles is 2.